The van der Waals surface area contributed by atoms with Crippen molar-refractivity contribution in [3.8, 4) is 11.5 Å². The quantitative estimate of drug-likeness (QED) is 0.614. The van der Waals surface area contributed by atoms with Crippen molar-refractivity contribution >= 4 is 46.6 Å². The van der Waals surface area contributed by atoms with Crippen LogP contribution < -0.4 is 5.69 Å². The molecule has 1 aromatic heterocycles. The van der Waals surface area contributed by atoms with Crippen LogP contribution in [0.4, 0.5) is 0 Å². The van der Waals surface area contributed by atoms with Crippen molar-refractivity contribution in [2.75, 3.05) is 0 Å². The van der Waals surface area contributed by atoms with Gasteiger partial charge >= 0.3 is 5.69 Å². The normalized spacial score (nSPS) is 10.9. The Kier molecular flexibility index (Phi) is 2.42. The first-order valence-corrected chi connectivity index (χ1v) is 5.71. The average molecular weight is 276 g/mol. The Bertz CT molecular complexity index is 807. The number of rotatable bonds is 2. The predicted molar refractivity (Wildman–Crippen MR) is 72.1 cm³/mol. The van der Waals surface area contributed by atoms with Gasteiger partial charge in [-0.05, 0) is 0 Å². The summed E-state index contributed by atoms with van der Waals surface area (Å²) in [5.74, 6) is 0.326. The van der Waals surface area contributed by atoms with E-state index in [2.05, 4.69) is 19.9 Å². The standard InChI is InChI=1S/C9H4N6OS2/c16-9-13-6-5-7(14(3-17)2-12-5)10-1-11-8(6)15(9)4-18/h1-4H. The largest absolute Gasteiger partial charge is 0.354 e. The molecule has 9 heteroatoms. The molecule has 2 aliphatic rings. The Morgan fingerprint density at radius 2 is 2.00 bits per heavy atom. The zero-order chi connectivity index (χ0) is 12.7. The summed E-state index contributed by atoms with van der Waals surface area (Å²) in [5, 5.41) is 0. The highest BCUT2D eigenvalue weighted by Crippen LogP contribution is 2.21. The summed E-state index contributed by atoms with van der Waals surface area (Å²) >= 11 is 9.60. The molecule has 0 amide bonds. The van der Waals surface area contributed by atoms with Crippen LogP contribution >= 0.6 is 24.4 Å². The maximum Gasteiger partial charge on any atom is 0.354 e. The Labute approximate surface area is 110 Å². The van der Waals surface area contributed by atoms with Gasteiger partial charge in [-0.25, -0.2) is 24.3 Å². The van der Waals surface area contributed by atoms with E-state index in [1.807, 2.05) is 0 Å². The van der Waals surface area contributed by atoms with E-state index >= 15 is 0 Å². The summed E-state index contributed by atoms with van der Waals surface area (Å²) in [6, 6.07) is 0. The third-order valence-corrected chi connectivity index (χ3v) is 2.86. The molecule has 1 aromatic rings. The minimum atomic E-state index is -0.489. The first kappa shape index (κ1) is 11.0. The van der Waals surface area contributed by atoms with Crippen LogP contribution in [0.3, 0.4) is 0 Å². The summed E-state index contributed by atoms with van der Waals surface area (Å²) in [6.45, 7) is 0. The maximum absolute atomic E-state index is 11.6. The van der Waals surface area contributed by atoms with E-state index in [-0.39, 0.29) is 0 Å². The van der Waals surface area contributed by atoms with E-state index in [0.29, 0.717) is 22.7 Å². The molecule has 18 heavy (non-hydrogen) atoms. The van der Waals surface area contributed by atoms with Crippen molar-refractivity contribution in [3.05, 3.63) is 23.1 Å². The monoisotopic (exact) mass is 276 g/mol. The lowest BCUT2D eigenvalue weighted by molar-refractivity contribution is 1.06. The van der Waals surface area contributed by atoms with E-state index in [1.165, 1.54) is 28.2 Å². The number of thiocarbonyl (C=S) groups is 2. The van der Waals surface area contributed by atoms with Gasteiger partial charge in [-0.3, -0.25) is 4.57 Å². The van der Waals surface area contributed by atoms with Gasteiger partial charge in [0.25, 0.3) is 0 Å². The van der Waals surface area contributed by atoms with Gasteiger partial charge in [0.1, 0.15) is 23.9 Å². The second-order valence-electron chi connectivity index (χ2n) is 3.35. The molecule has 0 fully saturated rings. The van der Waals surface area contributed by atoms with Crippen molar-refractivity contribution in [1.29, 1.82) is 0 Å². The molecule has 0 radical (unpaired) electrons. The number of hydrogen-bond acceptors (Lipinski definition) is 7. The number of imidazole rings is 2. The zero-order valence-corrected chi connectivity index (χ0v) is 10.4. The molecule has 0 bridgehead atoms. The second kappa shape index (κ2) is 3.96. The highest BCUT2D eigenvalue weighted by molar-refractivity contribution is 7.79. The lowest BCUT2D eigenvalue weighted by Crippen LogP contribution is -2.15. The van der Waals surface area contributed by atoms with E-state index in [9.17, 15) is 4.79 Å². The molecule has 0 spiro atoms. The van der Waals surface area contributed by atoms with E-state index in [0.717, 1.165) is 0 Å². The van der Waals surface area contributed by atoms with Gasteiger partial charge in [0.05, 0.1) is 11.0 Å². The van der Waals surface area contributed by atoms with Crippen molar-refractivity contribution in [1.82, 2.24) is 29.1 Å². The molecule has 0 unspecified atom stereocenters. The van der Waals surface area contributed by atoms with Gasteiger partial charge < -0.3 is 0 Å². The third kappa shape index (κ3) is 1.38. The molecular weight excluding hydrogens is 272 g/mol. The number of hydrogen-bond donors (Lipinski definition) is 0. The first-order chi connectivity index (χ1) is 8.76. The fourth-order valence-corrected chi connectivity index (χ4v) is 1.99. The number of nitrogens with zero attached hydrogens (tertiary/aromatic N) is 6. The average Bonchev–Trinajstić information content (AvgIpc) is 2.86. The van der Waals surface area contributed by atoms with E-state index in [1.54, 1.807) is 4.57 Å². The Morgan fingerprint density at radius 3 is 2.72 bits per heavy atom. The Morgan fingerprint density at radius 1 is 1.17 bits per heavy atom. The van der Waals surface area contributed by atoms with Crippen molar-refractivity contribution in [2.24, 2.45) is 0 Å². The molecule has 2 aliphatic heterocycles. The van der Waals surface area contributed by atoms with Gasteiger partial charge in [0.15, 0.2) is 11.5 Å². The van der Waals surface area contributed by atoms with Crippen molar-refractivity contribution < 1.29 is 0 Å². The Balaban J connectivity index is 2.53. The highest BCUT2D eigenvalue weighted by atomic mass is 32.1. The topological polar surface area (TPSA) is 78.5 Å². The van der Waals surface area contributed by atoms with Crippen molar-refractivity contribution in [3.63, 3.8) is 0 Å². The lowest BCUT2D eigenvalue weighted by atomic mass is 10.3. The summed E-state index contributed by atoms with van der Waals surface area (Å²) in [7, 11) is 0. The molecule has 0 saturated heterocycles. The molecule has 0 N–H and O–H groups in total. The first-order valence-electron chi connectivity index (χ1n) is 4.76. The maximum atomic E-state index is 11.6. The lowest BCUT2D eigenvalue weighted by Gasteiger charge is -1.91. The molecule has 7 nitrogen and oxygen atoms in total. The van der Waals surface area contributed by atoms with Crippen LogP contribution in [0.25, 0.3) is 22.7 Å². The third-order valence-electron chi connectivity index (χ3n) is 2.42. The van der Waals surface area contributed by atoms with Crippen LogP contribution in [-0.2, 0) is 0 Å². The van der Waals surface area contributed by atoms with Gasteiger partial charge in [-0.15, -0.1) is 0 Å². The SMILES string of the molecule is O=c1nc2c3ncn(C=S)c3ncnc-2n1C=S. The molecule has 0 atom stereocenters. The van der Waals surface area contributed by atoms with Crippen LogP contribution in [0.5, 0.6) is 0 Å². The molecular formula is C9H4N6OS2. The second-order valence-corrected chi connectivity index (χ2v) is 3.77. The molecule has 0 aliphatic carbocycles. The molecule has 0 aromatic carbocycles. The van der Waals surface area contributed by atoms with E-state index in [4.69, 9.17) is 24.4 Å². The predicted octanol–water partition coefficient (Wildman–Crippen LogP) is 0.0984. The fourth-order valence-electron chi connectivity index (χ4n) is 1.65. The van der Waals surface area contributed by atoms with Crippen LogP contribution in [0.2, 0.25) is 0 Å². The van der Waals surface area contributed by atoms with Crippen LogP contribution in [-0.4, -0.2) is 40.1 Å². The zero-order valence-electron chi connectivity index (χ0n) is 8.72. The van der Waals surface area contributed by atoms with Crippen LogP contribution in [0.15, 0.2) is 17.4 Å². The molecule has 3 rings (SSSR count). The van der Waals surface area contributed by atoms with E-state index < -0.39 is 5.69 Å². The Hall–Kier alpha value is -2.13. The summed E-state index contributed by atoms with van der Waals surface area (Å²) in [4.78, 5) is 27.8. The van der Waals surface area contributed by atoms with Gasteiger partial charge in [-0.1, -0.05) is 24.4 Å². The smallest absolute Gasteiger partial charge is 0.280 e. The van der Waals surface area contributed by atoms with Gasteiger partial charge in [0.2, 0.25) is 0 Å². The minimum absolute atomic E-state index is 0.326. The highest BCUT2D eigenvalue weighted by Gasteiger charge is 2.19. The summed E-state index contributed by atoms with van der Waals surface area (Å²) in [5.41, 5.74) is 3.38. The number of fused-ring (bicyclic) bond motifs is 3. The van der Waals surface area contributed by atoms with Crippen LogP contribution in [0.1, 0.15) is 0 Å². The molecule has 0 saturated carbocycles. The van der Waals surface area contributed by atoms with Crippen LogP contribution in [0, 0.1) is 0 Å². The number of aromatic nitrogens is 6. The van der Waals surface area contributed by atoms with Gasteiger partial charge in [-0.2, -0.15) is 4.98 Å². The summed E-state index contributed by atoms with van der Waals surface area (Å²) in [6.07, 6.45) is 2.82. The molecule has 88 valence electrons. The fraction of sp³-hybridized carbons (Fsp3) is 0. The molecule has 3 heterocycles. The van der Waals surface area contributed by atoms with Crippen molar-refractivity contribution in [2.45, 2.75) is 0 Å². The minimum Gasteiger partial charge on any atom is -0.280 e. The summed E-state index contributed by atoms with van der Waals surface area (Å²) < 4.78 is 2.72. The van der Waals surface area contributed by atoms with Gasteiger partial charge in [0, 0.05) is 0 Å².